The Hall–Kier alpha value is -2.65. The second kappa shape index (κ2) is 10.3. The lowest BCUT2D eigenvalue weighted by Gasteiger charge is -2.15. The smallest absolute Gasteiger partial charge is 0.363 e. The Balaban J connectivity index is 1.61. The average molecular weight is 604 g/mol. The summed E-state index contributed by atoms with van der Waals surface area (Å²) in [5, 5.41) is 0. The predicted molar refractivity (Wildman–Crippen MR) is 136 cm³/mol. The van der Waals surface area contributed by atoms with Gasteiger partial charge in [0.2, 0.25) is 5.90 Å². The standard InChI is InChI=1S/C25H19BrINO4/c1-2-30-22-14-17(12-20(26)23(22)31-15-16-6-4-3-5-7-16)13-21-25(29)32-24(28-21)18-8-10-19(27)11-9-18/h3-14H,2,15H2,1H3/b21-13-. The Bertz CT molecular complexity index is 1190. The fraction of sp³-hybridized carbons (Fsp3) is 0.120. The van der Waals surface area contributed by atoms with Gasteiger partial charge in [-0.1, -0.05) is 30.3 Å². The van der Waals surface area contributed by atoms with Gasteiger partial charge in [-0.15, -0.1) is 0 Å². The molecular formula is C25H19BrINO4. The van der Waals surface area contributed by atoms with Gasteiger partial charge in [0, 0.05) is 9.13 Å². The van der Waals surface area contributed by atoms with E-state index in [0.29, 0.717) is 30.6 Å². The molecule has 0 aromatic heterocycles. The molecule has 1 heterocycles. The van der Waals surface area contributed by atoms with Crippen molar-refractivity contribution in [3.05, 3.63) is 97.2 Å². The number of esters is 1. The molecule has 0 saturated heterocycles. The maximum atomic E-state index is 12.4. The number of aliphatic imine (C=N–C) groups is 1. The zero-order valence-electron chi connectivity index (χ0n) is 17.2. The number of cyclic esters (lactones) is 1. The van der Waals surface area contributed by atoms with E-state index in [0.717, 1.165) is 24.7 Å². The molecule has 4 rings (SSSR count). The Morgan fingerprint density at radius 3 is 2.53 bits per heavy atom. The zero-order valence-corrected chi connectivity index (χ0v) is 20.9. The first-order chi connectivity index (χ1) is 15.5. The van der Waals surface area contributed by atoms with Crippen LogP contribution in [-0.2, 0) is 16.1 Å². The molecule has 0 aliphatic carbocycles. The minimum atomic E-state index is -0.489. The van der Waals surface area contributed by atoms with E-state index < -0.39 is 5.97 Å². The molecule has 0 amide bonds. The van der Waals surface area contributed by atoms with Gasteiger partial charge >= 0.3 is 5.97 Å². The highest BCUT2D eigenvalue weighted by Gasteiger charge is 2.24. The molecule has 0 radical (unpaired) electrons. The Labute approximate surface area is 208 Å². The second-order valence-electron chi connectivity index (χ2n) is 6.88. The van der Waals surface area contributed by atoms with E-state index in [-0.39, 0.29) is 5.70 Å². The van der Waals surface area contributed by atoms with Crippen LogP contribution in [0, 0.1) is 3.57 Å². The largest absolute Gasteiger partial charge is 0.490 e. The van der Waals surface area contributed by atoms with Gasteiger partial charge in [-0.3, -0.25) is 0 Å². The summed E-state index contributed by atoms with van der Waals surface area (Å²) in [6.07, 6.45) is 1.68. The third-order valence-electron chi connectivity index (χ3n) is 4.57. The van der Waals surface area contributed by atoms with Gasteiger partial charge in [0.05, 0.1) is 11.1 Å². The van der Waals surface area contributed by atoms with Gasteiger partial charge < -0.3 is 14.2 Å². The van der Waals surface area contributed by atoms with Crippen LogP contribution in [0.1, 0.15) is 23.6 Å². The van der Waals surface area contributed by atoms with Gasteiger partial charge in [-0.2, -0.15) is 0 Å². The fourth-order valence-corrected chi connectivity index (χ4v) is 4.02. The number of hydrogen-bond acceptors (Lipinski definition) is 5. The molecule has 3 aromatic rings. The Morgan fingerprint density at radius 2 is 1.81 bits per heavy atom. The first-order valence-corrected chi connectivity index (χ1v) is 11.8. The van der Waals surface area contributed by atoms with Crippen LogP contribution >= 0.6 is 38.5 Å². The molecule has 0 saturated carbocycles. The number of rotatable bonds is 7. The van der Waals surface area contributed by atoms with Crippen molar-refractivity contribution in [1.82, 2.24) is 0 Å². The molecule has 32 heavy (non-hydrogen) atoms. The lowest BCUT2D eigenvalue weighted by Crippen LogP contribution is -2.05. The summed E-state index contributed by atoms with van der Waals surface area (Å²) in [6.45, 7) is 2.80. The van der Waals surface area contributed by atoms with Crippen LogP contribution in [0.25, 0.3) is 6.08 Å². The molecule has 3 aromatic carbocycles. The van der Waals surface area contributed by atoms with Gasteiger partial charge in [0.25, 0.3) is 0 Å². The predicted octanol–water partition coefficient (Wildman–Crippen LogP) is 6.38. The lowest BCUT2D eigenvalue weighted by atomic mass is 10.1. The Morgan fingerprint density at radius 1 is 1.06 bits per heavy atom. The van der Waals surface area contributed by atoms with Crippen LogP contribution in [0.2, 0.25) is 0 Å². The van der Waals surface area contributed by atoms with Crippen molar-refractivity contribution in [3.8, 4) is 11.5 Å². The van der Waals surface area contributed by atoms with Gasteiger partial charge in [0.1, 0.15) is 6.61 Å². The first-order valence-electron chi connectivity index (χ1n) is 9.95. The highest BCUT2D eigenvalue weighted by atomic mass is 127. The van der Waals surface area contributed by atoms with E-state index >= 15 is 0 Å². The topological polar surface area (TPSA) is 57.1 Å². The van der Waals surface area contributed by atoms with Crippen LogP contribution in [0.3, 0.4) is 0 Å². The van der Waals surface area contributed by atoms with Crippen LogP contribution in [0.5, 0.6) is 11.5 Å². The van der Waals surface area contributed by atoms with E-state index in [4.69, 9.17) is 14.2 Å². The number of nitrogens with zero attached hydrogens (tertiary/aromatic N) is 1. The summed E-state index contributed by atoms with van der Waals surface area (Å²) in [6, 6.07) is 21.2. The molecule has 0 bridgehead atoms. The van der Waals surface area contributed by atoms with Crippen molar-refractivity contribution in [2.75, 3.05) is 6.61 Å². The van der Waals surface area contributed by atoms with Crippen LogP contribution in [0.15, 0.2) is 81.9 Å². The second-order valence-corrected chi connectivity index (χ2v) is 8.98. The van der Waals surface area contributed by atoms with E-state index in [1.165, 1.54) is 0 Å². The maximum Gasteiger partial charge on any atom is 0.363 e. The summed E-state index contributed by atoms with van der Waals surface area (Å²) < 4.78 is 19.0. The molecule has 0 N–H and O–H groups in total. The van der Waals surface area contributed by atoms with Crippen LogP contribution in [0.4, 0.5) is 0 Å². The maximum absolute atomic E-state index is 12.4. The highest BCUT2D eigenvalue weighted by Crippen LogP contribution is 2.38. The van der Waals surface area contributed by atoms with Crippen LogP contribution in [-0.4, -0.2) is 18.5 Å². The lowest BCUT2D eigenvalue weighted by molar-refractivity contribution is -0.129. The minimum absolute atomic E-state index is 0.228. The number of halogens is 2. The molecule has 7 heteroatoms. The third-order valence-corrected chi connectivity index (χ3v) is 5.88. The minimum Gasteiger partial charge on any atom is -0.490 e. The molecule has 162 valence electrons. The number of carbonyl (C=O) groups excluding carboxylic acids is 1. The van der Waals surface area contributed by atoms with Crippen molar-refractivity contribution in [2.24, 2.45) is 4.99 Å². The van der Waals surface area contributed by atoms with E-state index in [9.17, 15) is 4.79 Å². The summed E-state index contributed by atoms with van der Waals surface area (Å²) in [5.41, 5.74) is 2.78. The number of hydrogen-bond donors (Lipinski definition) is 0. The molecule has 0 atom stereocenters. The van der Waals surface area contributed by atoms with Gasteiger partial charge in [-0.25, -0.2) is 9.79 Å². The Kier molecular flexibility index (Phi) is 7.26. The summed E-state index contributed by atoms with van der Waals surface area (Å²) in [4.78, 5) is 16.8. The van der Waals surface area contributed by atoms with Crippen molar-refractivity contribution in [1.29, 1.82) is 0 Å². The monoisotopic (exact) mass is 603 g/mol. The molecular weight excluding hydrogens is 585 g/mol. The fourth-order valence-electron chi connectivity index (χ4n) is 3.09. The summed E-state index contributed by atoms with van der Waals surface area (Å²) in [7, 11) is 0. The van der Waals surface area contributed by atoms with Crippen molar-refractivity contribution in [3.63, 3.8) is 0 Å². The number of carbonyl (C=O) groups is 1. The molecule has 0 unspecified atom stereocenters. The normalized spacial score (nSPS) is 14.3. The van der Waals surface area contributed by atoms with Gasteiger partial charge in [-0.05, 0) is 99.0 Å². The third kappa shape index (κ3) is 5.39. The number of ether oxygens (including phenoxy) is 3. The number of benzene rings is 3. The van der Waals surface area contributed by atoms with Crippen molar-refractivity contribution in [2.45, 2.75) is 13.5 Å². The van der Waals surface area contributed by atoms with Crippen LogP contribution < -0.4 is 9.47 Å². The molecule has 5 nitrogen and oxygen atoms in total. The SMILES string of the molecule is CCOc1cc(/C=C2\N=C(c3ccc(I)cc3)OC2=O)cc(Br)c1OCc1ccccc1. The zero-order chi connectivity index (χ0) is 22.5. The van der Waals surface area contributed by atoms with Gasteiger partial charge in [0.15, 0.2) is 17.2 Å². The summed E-state index contributed by atoms with van der Waals surface area (Å²) in [5.74, 6) is 0.995. The quantitative estimate of drug-likeness (QED) is 0.179. The first kappa shape index (κ1) is 22.5. The van der Waals surface area contributed by atoms with Crippen molar-refractivity contribution >= 4 is 56.5 Å². The summed E-state index contributed by atoms with van der Waals surface area (Å²) >= 11 is 5.80. The van der Waals surface area contributed by atoms with E-state index in [1.807, 2.05) is 73.7 Å². The van der Waals surface area contributed by atoms with E-state index in [1.54, 1.807) is 6.08 Å². The molecule has 0 fully saturated rings. The average Bonchev–Trinajstić information content (AvgIpc) is 3.14. The molecule has 1 aliphatic rings. The highest BCUT2D eigenvalue weighted by molar-refractivity contribution is 14.1. The molecule has 0 spiro atoms. The van der Waals surface area contributed by atoms with E-state index in [2.05, 4.69) is 43.5 Å². The van der Waals surface area contributed by atoms with Crippen molar-refractivity contribution < 1.29 is 19.0 Å². The molecule has 1 aliphatic heterocycles.